The molecule has 0 aliphatic carbocycles. The molecule has 0 aromatic heterocycles. The topological polar surface area (TPSA) is 63.2 Å². The van der Waals surface area contributed by atoms with Crippen LogP contribution < -0.4 is 4.72 Å². The van der Waals surface area contributed by atoms with E-state index in [1.54, 1.807) is 24.3 Å². The van der Waals surface area contributed by atoms with Crippen molar-refractivity contribution >= 4 is 21.5 Å². The SMILES string of the molecule is CC(=O)Cc1ccccc1NS(C)(=O)=O. The molecule has 82 valence electrons. The molecule has 15 heavy (non-hydrogen) atoms. The summed E-state index contributed by atoms with van der Waals surface area (Å²) >= 11 is 0. The highest BCUT2D eigenvalue weighted by Gasteiger charge is 2.07. The maximum absolute atomic E-state index is 11.0. The average Bonchev–Trinajstić information content (AvgIpc) is 2.05. The highest BCUT2D eigenvalue weighted by Crippen LogP contribution is 2.16. The number of anilines is 1. The number of Topliss-reactive ketones (excluding diaryl/α,β-unsaturated/α-hetero) is 1. The molecule has 0 atom stereocenters. The lowest BCUT2D eigenvalue weighted by Crippen LogP contribution is -2.12. The Morgan fingerprint density at radius 2 is 1.93 bits per heavy atom. The van der Waals surface area contributed by atoms with Crippen LogP contribution in [0.3, 0.4) is 0 Å². The summed E-state index contributed by atoms with van der Waals surface area (Å²) in [5.41, 5.74) is 1.16. The third-order valence-corrected chi connectivity index (χ3v) is 2.34. The number of rotatable bonds is 4. The predicted molar refractivity (Wildman–Crippen MR) is 59.3 cm³/mol. The first-order chi connectivity index (χ1) is 6.88. The summed E-state index contributed by atoms with van der Waals surface area (Å²) in [6.45, 7) is 1.47. The molecule has 0 amide bonds. The fourth-order valence-corrected chi connectivity index (χ4v) is 1.84. The summed E-state index contributed by atoms with van der Waals surface area (Å²) in [7, 11) is -3.30. The van der Waals surface area contributed by atoms with Crippen molar-refractivity contribution in [2.24, 2.45) is 0 Å². The van der Waals surface area contributed by atoms with Crippen LogP contribution in [-0.2, 0) is 21.2 Å². The summed E-state index contributed by atoms with van der Waals surface area (Å²) in [4.78, 5) is 11.0. The lowest BCUT2D eigenvalue weighted by atomic mass is 10.1. The molecule has 0 aliphatic rings. The molecule has 5 heteroatoms. The fraction of sp³-hybridized carbons (Fsp3) is 0.300. The zero-order chi connectivity index (χ0) is 11.5. The number of ketones is 1. The van der Waals surface area contributed by atoms with Crippen LogP contribution in [0.5, 0.6) is 0 Å². The maximum atomic E-state index is 11.0. The number of para-hydroxylation sites is 1. The fourth-order valence-electron chi connectivity index (χ4n) is 1.24. The minimum Gasteiger partial charge on any atom is -0.300 e. The monoisotopic (exact) mass is 227 g/mol. The van der Waals surface area contributed by atoms with Crippen molar-refractivity contribution in [1.82, 2.24) is 0 Å². The summed E-state index contributed by atoms with van der Waals surface area (Å²) in [5, 5.41) is 0. The second-order valence-corrected chi connectivity index (χ2v) is 5.16. The van der Waals surface area contributed by atoms with Crippen LogP contribution in [-0.4, -0.2) is 20.5 Å². The van der Waals surface area contributed by atoms with Gasteiger partial charge in [-0.25, -0.2) is 8.42 Å². The van der Waals surface area contributed by atoms with E-state index in [9.17, 15) is 13.2 Å². The molecule has 0 saturated heterocycles. The summed E-state index contributed by atoms with van der Waals surface area (Å²) in [5.74, 6) is -0.00208. The van der Waals surface area contributed by atoms with E-state index in [1.165, 1.54) is 6.92 Å². The Morgan fingerprint density at radius 3 is 2.47 bits per heavy atom. The molecular weight excluding hydrogens is 214 g/mol. The smallest absolute Gasteiger partial charge is 0.229 e. The van der Waals surface area contributed by atoms with Crippen LogP contribution in [0.1, 0.15) is 12.5 Å². The Morgan fingerprint density at radius 1 is 1.33 bits per heavy atom. The van der Waals surface area contributed by atoms with Gasteiger partial charge in [-0.3, -0.25) is 9.52 Å². The average molecular weight is 227 g/mol. The second kappa shape index (κ2) is 4.44. The highest BCUT2D eigenvalue weighted by molar-refractivity contribution is 7.92. The van der Waals surface area contributed by atoms with Crippen molar-refractivity contribution in [2.45, 2.75) is 13.3 Å². The Hall–Kier alpha value is -1.36. The van der Waals surface area contributed by atoms with Gasteiger partial charge in [0.05, 0.1) is 11.9 Å². The van der Waals surface area contributed by atoms with Gasteiger partial charge >= 0.3 is 0 Å². The third kappa shape index (κ3) is 4.12. The molecule has 0 spiro atoms. The zero-order valence-corrected chi connectivity index (χ0v) is 9.47. The van der Waals surface area contributed by atoms with Crippen LogP contribution in [0.25, 0.3) is 0 Å². The van der Waals surface area contributed by atoms with Crippen LogP contribution in [0.2, 0.25) is 0 Å². The highest BCUT2D eigenvalue weighted by atomic mass is 32.2. The van der Waals surface area contributed by atoms with Crippen LogP contribution in [0, 0.1) is 0 Å². The Labute approximate surface area is 89.4 Å². The van der Waals surface area contributed by atoms with Gasteiger partial charge in [-0.15, -0.1) is 0 Å². The molecular formula is C10H13NO3S. The van der Waals surface area contributed by atoms with E-state index in [0.717, 1.165) is 6.26 Å². The molecule has 0 heterocycles. The number of hydrogen-bond acceptors (Lipinski definition) is 3. The normalized spacial score (nSPS) is 11.1. The van der Waals surface area contributed by atoms with Crippen molar-refractivity contribution in [2.75, 3.05) is 11.0 Å². The van der Waals surface area contributed by atoms with Gasteiger partial charge in [0, 0.05) is 6.42 Å². The molecule has 1 rings (SSSR count). The van der Waals surface area contributed by atoms with Crippen molar-refractivity contribution in [1.29, 1.82) is 0 Å². The third-order valence-electron chi connectivity index (χ3n) is 1.75. The summed E-state index contributed by atoms with van der Waals surface area (Å²) in [6.07, 6.45) is 1.32. The Balaban J connectivity index is 3.01. The summed E-state index contributed by atoms with van der Waals surface area (Å²) in [6, 6.07) is 6.86. The Kier molecular flexibility index (Phi) is 3.47. The number of sulfonamides is 1. The van der Waals surface area contributed by atoms with Gasteiger partial charge < -0.3 is 0 Å². The van der Waals surface area contributed by atoms with E-state index in [4.69, 9.17) is 0 Å². The van der Waals surface area contributed by atoms with Gasteiger partial charge in [0.15, 0.2) is 0 Å². The second-order valence-electron chi connectivity index (χ2n) is 3.41. The van der Waals surface area contributed by atoms with Crippen LogP contribution in [0.15, 0.2) is 24.3 Å². The van der Waals surface area contributed by atoms with Gasteiger partial charge in [0.25, 0.3) is 0 Å². The van der Waals surface area contributed by atoms with E-state index in [1.807, 2.05) is 0 Å². The summed E-state index contributed by atoms with van der Waals surface area (Å²) < 4.78 is 24.5. The van der Waals surface area contributed by atoms with E-state index < -0.39 is 10.0 Å². The van der Waals surface area contributed by atoms with E-state index >= 15 is 0 Å². The number of carbonyl (C=O) groups is 1. The predicted octanol–water partition coefficient (Wildman–Crippen LogP) is 1.19. The molecule has 0 fully saturated rings. The van der Waals surface area contributed by atoms with Crippen molar-refractivity contribution in [3.63, 3.8) is 0 Å². The minimum absolute atomic E-state index is 0.00208. The van der Waals surface area contributed by atoms with Gasteiger partial charge in [-0.2, -0.15) is 0 Å². The number of benzene rings is 1. The standard InChI is InChI=1S/C10H13NO3S/c1-8(12)7-9-5-3-4-6-10(9)11-15(2,13)14/h3-6,11H,7H2,1-2H3. The van der Waals surface area contributed by atoms with Crippen molar-refractivity contribution in [3.8, 4) is 0 Å². The quantitative estimate of drug-likeness (QED) is 0.840. The van der Waals surface area contributed by atoms with E-state index in [2.05, 4.69) is 4.72 Å². The Bertz CT molecular complexity index is 465. The van der Waals surface area contributed by atoms with Crippen LogP contribution >= 0.6 is 0 Å². The molecule has 1 N–H and O–H groups in total. The van der Waals surface area contributed by atoms with E-state index in [0.29, 0.717) is 11.3 Å². The lowest BCUT2D eigenvalue weighted by Gasteiger charge is -2.08. The first-order valence-electron chi connectivity index (χ1n) is 4.43. The molecule has 0 unspecified atom stereocenters. The molecule has 0 aliphatic heterocycles. The minimum atomic E-state index is -3.30. The van der Waals surface area contributed by atoms with Gasteiger partial charge in [-0.1, -0.05) is 18.2 Å². The molecule has 1 aromatic carbocycles. The maximum Gasteiger partial charge on any atom is 0.229 e. The van der Waals surface area contributed by atoms with Crippen molar-refractivity contribution in [3.05, 3.63) is 29.8 Å². The molecule has 0 radical (unpaired) electrons. The van der Waals surface area contributed by atoms with Gasteiger partial charge in [0.1, 0.15) is 5.78 Å². The lowest BCUT2D eigenvalue weighted by molar-refractivity contribution is -0.116. The largest absolute Gasteiger partial charge is 0.300 e. The number of carbonyl (C=O) groups excluding carboxylic acids is 1. The number of hydrogen-bond donors (Lipinski definition) is 1. The number of nitrogens with one attached hydrogen (secondary N) is 1. The van der Waals surface area contributed by atoms with E-state index in [-0.39, 0.29) is 12.2 Å². The van der Waals surface area contributed by atoms with Crippen LogP contribution in [0.4, 0.5) is 5.69 Å². The molecule has 0 saturated carbocycles. The molecule has 4 nitrogen and oxygen atoms in total. The van der Waals surface area contributed by atoms with Gasteiger partial charge in [-0.05, 0) is 18.6 Å². The molecule has 0 bridgehead atoms. The first-order valence-corrected chi connectivity index (χ1v) is 6.33. The zero-order valence-electron chi connectivity index (χ0n) is 8.65. The molecule has 1 aromatic rings. The van der Waals surface area contributed by atoms with Gasteiger partial charge in [0.2, 0.25) is 10.0 Å². The first kappa shape index (κ1) is 11.7. The van der Waals surface area contributed by atoms with Crippen molar-refractivity contribution < 1.29 is 13.2 Å².